The van der Waals surface area contributed by atoms with Crippen molar-refractivity contribution in [1.29, 1.82) is 0 Å². The van der Waals surface area contributed by atoms with Crippen molar-refractivity contribution in [3.8, 4) is 0 Å². The van der Waals surface area contributed by atoms with Gasteiger partial charge >= 0.3 is 0 Å². The molecular formula is C14H14ClN3O. The van der Waals surface area contributed by atoms with Gasteiger partial charge in [0.1, 0.15) is 0 Å². The van der Waals surface area contributed by atoms with Crippen LogP contribution in [0.2, 0.25) is 5.02 Å². The zero-order valence-electron chi connectivity index (χ0n) is 10.4. The Morgan fingerprint density at radius 2 is 2.21 bits per heavy atom. The molecule has 0 aliphatic carbocycles. The number of benzene rings is 1. The van der Waals surface area contributed by atoms with E-state index >= 15 is 0 Å². The van der Waals surface area contributed by atoms with E-state index in [1.54, 1.807) is 30.6 Å². The number of hydrogen-bond acceptors (Lipinski definition) is 3. The Bertz CT molecular complexity index is 586. The van der Waals surface area contributed by atoms with Crippen LogP contribution >= 0.6 is 11.6 Å². The summed E-state index contributed by atoms with van der Waals surface area (Å²) in [5, 5.41) is 3.32. The fourth-order valence-corrected chi connectivity index (χ4v) is 1.80. The van der Waals surface area contributed by atoms with Gasteiger partial charge in [-0.15, -0.1) is 0 Å². The predicted molar refractivity (Wildman–Crippen MR) is 76.0 cm³/mol. The normalized spacial score (nSPS) is 11.9. The van der Waals surface area contributed by atoms with E-state index in [-0.39, 0.29) is 11.9 Å². The first-order valence-electron chi connectivity index (χ1n) is 5.83. The topological polar surface area (TPSA) is 68.0 Å². The Morgan fingerprint density at radius 1 is 1.42 bits per heavy atom. The van der Waals surface area contributed by atoms with Gasteiger partial charge in [0.05, 0.1) is 16.8 Å². The Kier molecular flexibility index (Phi) is 4.02. The van der Waals surface area contributed by atoms with Gasteiger partial charge in [0.2, 0.25) is 0 Å². The Labute approximate surface area is 116 Å². The van der Waals surface area contributed by atoms with Crippen molar-refractivity contribution >= 4 is 23.2 Å². The second kappa shape index (κ2) is 5.71. The average Bonchev–Trinajstić information content (AvgIpc) is 2.42. The lowest BCUT2D eigenvalue weighted by Crippen LogP contribution is -2.26. The summed E-state index contributed by atoms with van der Waals surface area (Å²) in [5.41, 5.74) is 7.50. The highest BCUT2D eigenvalue weighted by Crippen LogP contribution is 2.20. The Balaban J connectivity index is 2.11. The van der Waals surface area contributed by atoms with E-state index in [0.717, 1.165) is 5.56 Å². The van der Waals surface area contributed by atoms with E-state index < -0.39 is 0 Å². The summed E-state index contributed by atoms with van der Waals surface area (Å²) in [6.07, 6.45) is 3.42. The minimum absolute atomic E-state index is 0.127. The van der Waals surface area contributed by atoms with E-state index in [4.69, 9.17) is 17.3 Å². The van der Waals surface area contributed by atoms with Gasteiger partial charge in [0, 0.05) is 18.0 Å². The molecule has 19 heavy (non-hydrogen) atoms. The lowest BCUT2D eigenvalue weighted by molar-refractivity contribution is 0.0940. The molecule has 0 saturated heterocycles. The predicted octanol–water partition coefficient (Wildman–Crippen LogP) is 2.81. The standard InChI is InChI=1S/C14H14ClN3O/c1-9(11-3-2-6-17-8-11)18-14(19)10-4-5-12(15)13(16)7-10/h2-9H,16H2,1H3,(H,18,19). The van der Waals surface area contributed by atoms with Crippen LogP contribution in [0.4, 0.5) is 5.69 Å². The summed E-state index contributed by atoms with van der Waals surface area (Å²) in [5.74, 6) is -0.195. The van der Waals surface area contributed by atoms with Crippen molar-refractivity contribution in [2.24, 2.45) is 0 Å². The highest BCUT2D eigenvalue weighted by atomic mass is 35.5. The molecule has 1 aromatic carbocycles. The number of nitrogens with one attached hydrogen (secondary N) is 1. The SMILES string of the molecule is CC(NC(=O)c1ccc(Cl)c(N)c1)c1cccnc1. The Morgan fingerprint density at radius 3 is 2.84 bits per heavy atom. The fourth-order valence-electron chi connectivity index (χ4n) is 1.68. The number of nitrogens with zero attached hydrogens (tertiary/aromatic N) is 1. The second-order valence-electron chi connectivity index (χ2n) is 4.22. The molecule has 5 heteroatoms. The van der Waals surface area contributed by atoms with Crippen LogP contribution in [0.15, 0.2) is 42.7 Å². The quantitative estimate of drug-likeness (QED) is 0.847. The van der Waals surface area contributed by atoms with Crippen LogP contribution < -0.4 is 11.1 Å². The van der Waals surface area contributed by atoms with Crippen LogP contribution in [-0.4, -0.2) is 10.9 Å². The summed E-state index contributed by atoms with van der Waals surface area (Å²) in [7, 11) is 0. The lowest BCUT2D eigenvalue weighted by atomic mass is 10.1. The highest BCUT2D eigenvalue weighted by molar-refractivity contribution is 6.33. The van der Waals surface area contributed by atoms with Gasteiger partial charge in [-0.05, 0) is 36.8 Å². The maximum atomic E-state index is 12.1. The first-order chi connectivity index (χ1) is 9.08. The van der Waals surface area contributed by atoms with E-state index in [2.05, 4.69) is 10.3 Å². The van der Waals surface area contributed by atoms with Crippen LogP contribution in [0.25, 0.3) is 0 Å². The largest absolute Gasteiger partial charge is 0.398 e. The molecule has 4 nitrogen and oxygen atoms in total. The maximum absolute atomic E-state index is 12.1. The van der Waals surface area contributed by atoms with Gasteiger partial charge in [0.15, 0.2) is 0 Å². The van der Waals surface area contributed by atoms with E-state index in [1.165, 1.54) is 0 Å². The van der Waals surface area contributed by atoms with Gasteiger partial charge in [0.25, 0.3) is 5.91 Å². The summed E-state index contributed by atoms with van der Waals surface area (Å²) in [4.78, 5) is 16.1. The summed E-state index contributed by atoms with van der Waals surface area (Å²) in [6, 6.07) is 8.43. The van der Waals surface area contributed by atoms with Crippen LogP contribution in [0.1, 0.15) is 28.9 Å². The van der Waals surface area contributed by atoms with Gasteiger partial charge in [-0.1, -0.05) is 17.7 Å². The molecule has 98 valence electrons. The van der Waals surface area contributed by atoms with Crippen molar-refractivity contribution in [1.82, 2.24) is 10.3 Å². The maximum Gasteiger partial charge on any atom is 0.251 e. The number of pyridine rings is 1. The zero-order valence-corrected chi connectivity index (χ0v) is 11.2. The van der Waals surface area contributed by atoms with Crippen molar-refractivity contribution in [2.75, 3.05) is 5.73 Å². The molecule has 1 heterocycles. The number of hydrogen-bond donors (Lipinski definition) is 2. The summed E-state index contributed by atoms with van der Waals surface area (Å²) >= 11 is 5.82. The molecule has 0 radical (unpaired) electrons. The average molecular weight is 276 g/mol. The molecule has 2 aromatic rings. The Hall–Kier alpha value is -2.07. The molecule has 1 aromatic heterocycles. The van der Waals surface area contributed by atoms with Crippen molar-refractivity contribution in [2.45, 2.75) is 13.0 Å². The van der Waals surface area contributed by atoms with Crippen molar-refractivity contribution < 1.29 is 4.79 Å². The van der Waals surface area contributed by atoms with Gasteiger partial charge in [-0.2, -0.15) is 0 Å². The molecule has 0 saturated carbocycles. The number of anilines is 1. The third kappa shape index (κ3) is 3.23. The van der Waals surface area contributed by atoms with Gasteiger partial charge in [-0.25, -0.2) is 0 Å². The van der Waals surface area contributed by atoms with Crippen LogP contribution in [0, 0.1) is 0 Å². The smallest absolute Gasteiger partial charge is 0.251 e. The van der Waals surface area contributed by atoms with Crippen molar-refractivity contribution in [3.63, 3.8) is 0 Å². The van der Waals surface area contributed by atoms with Crippen molar-refractivity contribution in [3.05, 3.63) is 58.9 Å². The molecule has 2 rings (SSSR count). The number of rotatable bonds is 3. The minimum Gasteiger partial charge on any atom is -0.398 e. The molecule has 0 aliphatic rings. The number of amides is 1. The molecule has 1 atom stereocenters. The molecule has 3 N–H and O–H groups in total. The number of carbonyl (C=O) groups is 1. The zero-order chi connectivity index (χ0) is 13.8. The molecular weight excluding hydrogens is 262 g/mol. The lowest BCUT2D eigenvalue weighted by Gasteiger charge is -2.14. The molecule has 0 bridgehead atoms. The number of carbonyl (C=O) groups excluding carboxylic acids is 1. The third-order valence-corrected chi connectivity index (χ3v) is 3.13. The first-order valence-corrected chi connectivity index (χ1v) is 6.21. The number of nitrogen functional groups attached to an aromatic ring is 1. The van der Waals surface area contributed by atoms with E-state index in [0.29, 0.717) is 16.3 Å². The van der Waals surface area contributed by atoms with Crippen LogP contribution in [0.5, 0.6) is 0 Å². The molecule has 0 aliphatic heterocycles. The number of aromatic nitrogens is 1. The summed E-state index contributed by atoms with van der Waals surface area (Å²) in [6.45, 7) is 1.90. The first kappa shape index (κ1) is 13.4. The van der Waals surface area contributed by atoms with Gasteiger partial charge in [-0.3, -0.25) is 9.78 Å². The molecule has 0 spiro atoms. The van der Waals surface area contributed by atoms with Gasteiger partial charge < -0.3 is 11.1 Å². The summed E-state index contributed by atoms with van der Waals surface area (Å²) < 4.78 is 0. The van der Waals surface area contributed by atoms with E-state index in [1.807, 2.05) is 19.1 Å². The van der Waals surface area contributed by atoms with Crippen LogP contribution in [0.3, 0.4) is 0 Å². The third-order valence-electron chi connectivity index (χ3n) is 2.79. The second-order valence-corrected chi connectivity index (χ2v) is 4.63. The fraction of sp³-hybridized carbons (Fsp3) is 0.143. The minimum atomic E-state index is -0.195. The molecule has 0 fully saturated rings. The molecule has 1 amide bonds. The monoisotopic (exact) mass is 275 g/mol. The number of nitrogens with two attached hydrogens (primary N) is 1. The highest BCUT2D eigenvalue weighted by Gasteiger charge is 2.12. The van der Waals surface area contributed by atoms with E-state index in [9.17, 15) is 4.79 Å². The van der Waals surface area contributed by atoms with Crippen LogP contribution in [-0.2, 0) is 0 Å². The number of halogens is 1. The molecule has 1 unspecified atom stereocenters.